The molecule has 0 radical (unpaired) electrons. The number of anilines is 6. The van der Waals surface area contributed by atoms with E-state index in [1.807, 2.05) is 6.07 Å². The summed E-state index contributed by atoms with van der Waals surface area (Å²) < 4.78 is 17.8. The Morgan fingerprint density at radius 1 is 0.323 bits per heavy atom. The molecular formula is C55H37N5O2. The van der Waals surface area contributed by atoms with E-state index in [0.717, 1.165) is 67.1 Å². The first-order valence-electron chi connectivity index (χ1n) is 20.9. The highest BCUT2D eigenvalue weighted by molar-refractivity contribution is 6.13. The second kappa shape index (κ2) is 13.1. The van der Waals surface area contributed by atoms with Crippen LogP contribution in [0.3, 0.4) is 0 Å². The van der Waals surface area contributed by atoms with Crippen LogP contribution >= 0.6 is 0 Å². The Bertz CT molecular complexity index is 3660. The Morgan fingerprint density at radius 3 is 1.18 bits per heavy atom. The number of para-hydroxylation sites is 4. The fourth-order valence-electron chi connectivity index (χ4n) is 9.76. The minimum Gasteiger partial charge on any atom is -0.454 e. The lowest BCUT2D eigenvalue weighted by atomic mass is 10.1. The Labute approximate surface area is 355 Å². The van der Waals surface area contributed by atoms with Crippen LogP contribution in [0.15, 0.2) is 197 Å². The quantitative estimate of drug-likeness (QED) is 0.168. The summed E-state index contributed by atoms with van der Waals surface area (Å²) in [6.07, 6.45) is 0. The number of pyridine rings is 1. The van der Waals surface area contributed by atoms with Crippen LogP contribution in [0.5, 0.6) is 0 Å². The van der Waals surface area contributed by atoms with Gasteiger partial charge in [0.1, 0.15) is 22.2 Å². The molecule has 0 spiro atoms. The predicted octanol–water partition coefficient (Wildman–Crippen LogP) is 15.1. The lowest BCUT2D eigenvalue weighted by Gasteiger charge is -2.25. The van der Waals surface area contributed by atoms with Gasteiger partial charge in [0.25, 0.3) is 0 Å². The number of furan rings is 2. The van der Waals surface area contributed by atoms with Crippen LogP contribution in [0, 0.1) is 0 Å². The molecule has 8 aromatic carbocycles. The van der Waals surface area contributed by atoms with Gasteiger partial charge in [0, 0.05) is 121 Å². The molecule has 0 aliphatic carbocycles. The van der Waals surface area contributed by atoms with Gasteiger partial charge in [-0.2, -0.15) is 0 Å². The van der Waals surface area contributed by atoms with Gasteiger partial charge in [-0.25, -0.2) is 4.98 Å². The highest BCUT2D eigenvalue weighted by Gasteiger charge is 2.21. The molecule has 0 aliphatic heterocycles. The van der Waals surface area contributed by atoms with Gasteiger partial charge in [-0.15, -0.1) is 0 Å². The molecule has 0 unspecified atom stereocenters. The molecule has 0 saturated heterocycles. The van der Waals surface area contributed by atoms with Crippen molar-refractivity contribution in [1.82, 2.24) is 14.1 Å². The summed E-state index contributed by atoms with van der Waals surface area (Å²) in [5.41, 5.74) is 15.6. The van der Waals surface area contributed by atoms with Crippen LogP contribution in [-0.4, -0.2) is 14.1 Å². The minimum absolute atomic E-state index is 0.682. The van der Waals surface area contributed by atoms with E-state index in [1.54, 1.807) is 0 Å². The van der Waals surface area contributed by atoms with E-state index in [0.29, 0.717) is 11.2 Å². The van der Waals surface area contributed by atoms with Crippen LogP contribution in [-0.2, 0) is 14.1 Å². The van der Waals surface area contributed by atoms with Crippen molar-refractivity contribution in [3.8, 4) is 0 Å². The lowest BCUT2D eigenvalue weighted by molar-refractivity contribution is 0.655. The number of hydrogen-bond acceptors (Lipinski definition) is 5. The predicted molar refractivity (Wildman–Crippen MR) is 256 cm³/mol. The van der Waals surface area contributed by atoms with Crippen LogP contribution in [0.25, 0.3) is 87.7 Å². The van der Waals surface area contributed by atoms with Gasteiger partial charge < -0.3 is 27.8 Å². The third-order valence-electron chi connectivity index (χ3n) is 12.7. The van der Waals surface area contributed by atoms with Crippen molar-refractivity contribution < 1.29 is 8.83 Å². The standard InChI is InChI=1S/C55H37N5O2/c1-57-46-19-11-9-17-40(46)44-29-36(23-27-48(44)57)59(34-13-5-3-6-14-34)38-21-25-42-50(31-38)61-52-33-53-55(56-54(42)52)43-26-22-39(32-51(43)62-53)60(35-15-7-4-8-16-35)37-24-28-49-45(30-37)41-18-10-12-20-47(41)58(49)2/h3-33H,1-2H3. The summed E-state index contributed by atoms with van der Waals surface area (Å²) in [7, 11) is 4.27. The Kier molecular flexibility index (Phi) is 7.30. The highest BCUT2D eigenvalue weighted by atomic mass is 16.3. The summed E-state index contributed by atoms with van der Waals surface area (Å²) in [4.78, 5) is 9.82. The maximum absolute atomic E-state index is 6.63. The molecule has 5 aromatic heterocycles. The second-order valence-corrected chi connectivity index (χ2v) is 16.1. The van der Waals surface area contributed by atoms with E-state index in [2.05, 4.69) is 215 Å². The van der Waals surface area contributed by atoms with Crippen LogP contribution in [0.4, 0.5) is 34.1 Å². The molecule has 0 atom stereocenters. The molecule has 0 aliphatic rings. The van der Waals surface area contributed by atoms with Crippen molar-refractivity contribution in [3.05, 3.63) is 188 Å². The monoisotopic (exact) mass is 799 g/mol. The fraction of sp³-hybridized carbons (Fsp3) is 0.0364. The van der Waals surface area contributed by atoms with E-state index in [4.69, 9.17) is 13.8 Å². The first kappa shape index (κ1) is 34.6. The number of nitrogens with zero attached hydrogens (tertiary/aromatic N) is 5. The Hall–Kier alpha value is -8.29. The normalized spacial score (nSPS) is 12.0. The molecule has 7 nitrogen and oxygen atoms in total. The van der Waals surface area contributed by atoms with Gasteiger partial charge >= 0.3 is 0 Å². The Balaban J connectivity index is 0.917. The van der Waals surface area contributed by atoms with Crippen LogP contribution in [0.1, 0.15) is 0 Å². The van der Waals surface area contributed by atoms with Crippen molar-refractivity contribution >= 4 is 122 Å². The molecule has 13 rings (SSSR count). The van der Waals surface area contributed by atoms with E-state index < -0.39 is 0 Å². The number of aromatic nitrogens is 3. The van der Waals surface area contributed by atoms with Crippen molar-refractivity contribution in [2.45, 2.75) is 0 Å². The molecule has 0 fully saturated rings. The van der Waals surface area contributed by atoms with Gasteiger partial charge in [0.15, 0.2) is 11.2 Å². The first-order chi connectivity index (χ1) is 30.6. The summed E-state index contributed by atoms with van der Waals surface area (Å²) in [6, 6.07) is 66.4. The van der Waals surface area contributed by atoms with Crippen LogP contribution in [0.2, 0.25) is 0 Å². The van der Waals surface area contributed by atoms with Crippen molar-refractivity contribution in [2.24, 2.45) is 14.1 Å². The van der Waals surface area contributed by atoms with Gasteiger partial charge in [0.2, 0.25) is 0 Å². The maximum Gasteiger partial charge on any atom is 0.157 e. The smallest absolute Gasteiger partial charge is 0.157 e. The van der Waals surface area contributed by atoms with Crippen molar-refractivity contribution in [2.75, 3.05) is 9.80 Å². The topological polar surface area (TPSA) is 55.5 Å². The summed E-state index contributed by atoms with van der Waals surface area (Å²) >= 11 is 0. The third kappa shape index (κ3) is 5.08. The molecule has 13 aromatic rings. The minimum atomic E-state index is 0.682. The molecule has 0 bridgehead atoms. The average molecular weight is 800 g/mol. The Morgan fingerprint density at radius 2 is 0.710 bits per heavy atom. The number of benzene rings is 8. The van der Waals surface area contributed by atoms with Gasteiger partial charge in [-0.05, 0) is 97.1 Å². The highest BCUT2D eigenvalue weighted by Crippen LogP contribution is 2.44. The van der Waals surface area contributed by atoms with Gasteiger partial charge in [-0.3, -0.25) is 0 Å². The zero-order chi connectivity index (χ0) is 41.1. The molecule has 0 N–H and O–H groups in total. The third-order valence-corrected chi connectivity index (χ3v) is 12.7. The number of rotatable bonds is 6. The maximum atomic E-state index is 6.63. The van der Waals surface area contributed by atoms with Crippen LogP contribution < -0.4 is 9.80 Å². The van der Waals surface area contributed by atoms with Gasteiger partial charge in [-0.1, -0.05) is 72.8 Å². The molecular weight excluding hydrogens is 763 g/mol. The van der Waals surface area contributed by atoms with Crippen molar-refractivity contribution in [1.29, 1.82) is 0 Å². The van der Waals surface area contributed by atoms with E-state index in [-0.39, 0.29) is 0 Å². The van der Waals surface area contributed by atoms with E-state index in [9.17, 15) is 0 Å². The summed E-state index contributed by atoms with van der Waals surface area (Å²) in [6.45, 7) is 0. The SMILES string of the molecule is Cn1c2ccccc2c2cc(N(c3ccccc3)c3ccc4c(c3)oc3cc5oc6cc(N(c7ccccc7)c7ccc8c(c7)c7ccccc7n8C)ccc6c5nc34)ccc21. The molecule has 0 amide bonds. The largest absolute Gasteiger partial charge is 0.454 e. The zero-order valence-corrected chi connectivity index (χ0v) is 34.0. The van der Waals surface area contributed by atoms with Gasteiger partial charge in [0.05, 0.1) is 0 Å². The lowest BCUT2D eigenvalue weighted by Crippen LogP contribution is -2.09. The molecule has 5 heterocycles. The zero-order valence-electron chi connectivity index (χ0n) is 34.0. The second-order valence-electron chi connectivity index (χ2n) is 16.1. The fourth-order valence-corrected chi connectivity index (χ4v) is 9.76. The number of aryl methyl sites for hydroxylation is 2. The van der Waals surface area contributed by atoms with E-state index >= 15 is 0 Å². The summed E-state index contributed by atoms with van der Waals surface area (Å²) in [5.74, 6) is 0. The number of hydrogen-bond donors (Lipinski definition) is 0. The molecule has 0 saturated carbocycles. The first-order valence-corrected chi connectivity index (χ1v) is 20.9. The molecule has 7 heteroatoms. The molecule has 294 valence electrons. The van der Waals surface area contributed by atoms with E-state index in [1.165, 1.54) is 43.6 Å². The number of fused-ring (bicyclic) bond motifs is 12. The summed E-state index contributed by atoms with van der Waals surface area (Å²) in [5, 5.41) is 6.81. The average Bonchev–Trinajstić information content (AvgIpc) is 4.03. The van der Waals surface area contributed by atoms with Crippen molar-refractivity contribution in [3.63, 3.8) is 0 Å². The molecule has 62 heavy (non-hydrogen) atoms.